The number of aliphatic carboxylic acids is 1. The average Bonchev–Trinajstić information content (AvgIpc) is 3.32. The first-order chi connectivity index (χ1) is 20.4. The van der Waals surface area contributed by atoms with Crippen LogP contribution in [0.2, 0.25) is 0 Å². The molecular formula is C34H33N3O5. The molecule has 8 heteroatoms. The molecule has 1 aliphatic rings. The molecular weight excluding hydrogens is 530 g/mol. The fourth-order valence-corrected chi connectivity index (χ4v) is 5.42. The van der Waals surface area contributed by atoms with Crippen LogP contribution < -0.4 is 10.6 Å². The van der Waals surface area contributed by atoms with E-state index in [0.717, 1.165) is 27.8 Å². The Morgan fingerprint density at radius 3 is 1.93 bits per heavy atom. The number of rotatable bonds is 11. The summed E-state index contributed by atoms with van der Waals surface area (Å²) < 4.78 is 5.69. The van der Waals surface area contributed by atoms with Crippen molar-refractivity contribution in [3.05, 3.63) is 131 Å². The summed E-state index contributed by atoms with van der Waals surface area (Å²) in [5.41, 5.74) is 5.85. The lowest BCUT2D eigenvalue weighted by atomic mass is 9.98. The maximum atomic E-state index is 13.5. The van der Waals surface area contributed by atoms with E-state index in [9.17, 15) is 19.5 Å². The molecule has 3 N–H and O–H groups in total. The molecule has 2 amide bonds. The molecule has 8 nitrogen and oxygen atoms in total. The van der Waals surface area contributed by atoms with Crippen LogP contribution in [-0.4, -0.2) is 54.2 Å². The number of carboxylic acid groups (broad SMARTS) is 1. The first-order valence-electron chi connectivity index (χ1n) is 13.8. The first-order valence-corrected chi connectivity index (χ1v) is 13.8. The summed E-state index contributed by atoms with van der Waals surface area (Å²) in [4.78, 5) is 40.5. The Morgan fingerprint density at radius 1 is 0.786 bits per heavy atom. The van der Waals surface area contributed by atoms with Crippen molar-refractivity contribution in [2.75, 3.05) is 20.2 Å². The van der Waals surface area contributed by atoms with E-state index < -0.39 is 30.1 Å². The van der Waals surface area contributed by atoms with Gasteiger partial charge in [-0.15, -0.1) is 0 Å². The number of nitrogens with zero attached hydrogens (tertiary/aromatic N) is 1. The zero-order valence-electron chi connectivity index (χ0n) is 23.3. The van der Waals surface area contributed by atoms with Crippen LogP contribution in [0.1, 0.15) is 34.2 Å². The van der Waals surface area contributed by atoms with Crippen molar-refractivity contribution in [3.8, 4) is 11.1 Å². The second kappa shape index (κ2) is 13.1. The molecule has 0 aliphatic heterocycles. The molecule has 1 aliphatic carbocycles. The predicted octanol–water partition coefficient (Wildman–Crippen LogP) is 4.97. The van der Waals surface area contributed by atoms with Gasteiger partial charge in [0.15, 0.2) is 6.04 Å². The number of alkyl carbamates (subject to hydrolysis) is 1. The van der Waals surface area contributed by atoms with Crippen LogP contribution in [-0.2, 0) is 20.9 Å². The molecule has 0 saturated heterocycles. The average molecular weight is 564 g/mol. The number of fused-ring (bicyclic) bond motifs is 3. The van der Waals surface area contributed by atoms with E-state index in [4.69, 9.17) is 4.74 Å². The van der Waals surface area contributed by atoms with Crippen molar-refractivity contribution in [3.63, 3.8) is 0 Å². The SMILES string of the molecule is CN(Cc1ccccc1)CC(NC(=O)OCC1c2ccccc2-c2ccccc21)C(=O)N[C@H](C(=O)O)c1ccccc1. The summed E-state index contributed by atoms with van der Waals surface area (Å²) in [5.74, 6) is -1.96. The third kappa shape index (κ3) is 6.67. The van der Waals surface area contributed by atoms with E-state index in [2.05, 4.69) is 22.8 Å². The summed E-state index contributed by atoms with van der Waals surface area (Å²) in [6.45, 7) is 0.750. The highest BCUT2D eigenvalue weighted by Crippen LogP contribution is 2.44. The van der Waals surface area contributed by atoms with Crippen molar-refractivity contribution in [1.29, 1.82) is 0 Å². The van der Waals surface area contributed by atoms with E-state index >= 15 is 0 Å². The maximum Gasteiger partial charge on any atom is 0.407 e. The Kier molecular flexibility index (Phi) is 8.94. The van der Waals surface area contributed by atoms with Gasteiger partial charge in [0.05, 0.1) is 0 Å². The molecule has 0 aromatic heterocycles. The van der Waals surface area contributed by atoms with Crippen LogP contribution in [0.25, 0.3) is 11.1 Å². The molecule has 0 radical (unpaired) electrons. The number of benzene rings is 4. The van der Waals surface area contributed by atoms with Gasteiger partial charge in [0.2, 0.25) is 5.91 Å². The minimum absolute atomic E-state index is 0.0931. The normalized spacial score (nSPS) is 13.5. The number of amides is 2. The molecule has 0 fully saturated rings. The number of nitrogens with one attached hydrogen (secondary N) is 2. The Bertz CT molecular complexity index is 1500. The van der Waals surface area contributed by atoms with Crippen LogP contribution in [0, 0.1) is 0 Å². The van der Waals surface area contributed by atoms with Gasteiger partial charge >= 0.3 is 12.1 Å². The van der Waals surface area contributed by atoms with E-state index in [1.807, 2.05) is 78.7 Å². The van der Waals surface area contributed by atoms with Crippen molar-refractivity contribution >= 4 is 18.0 Å². The fraction of sp³-hybridized carbons (Fsp3) is 0.206. The molecule has 0 saturated carbocycles. The van der Waals surface area contributed by atoms with E-state index in [1.165, 1.54) is 0 Å². The lowest BCUT2D eigenvalue weighted by molar-refractivity contribution is -0.142. The number of carbonyl (C=O) groups excluding carboxylic acids is 2. The number of ether oxygens (including phenoxy) is 1. The molecule has 42 heavy (non-hydrogen) atoms. The van der Waals surface area contributed by atoms with Gasteiger partial charge in [-0.05, 0) is 40.4 Å². The summed E-state index contributed by atoms with van der Waals surface area (Å²) in [6, 6.07) is 31.9. The van der Waals surface area contributed by atoms with Crippen LogP contribution in [0.4, 0.5) is 4.79 Å². The molecule has 0 spiro atoms. The second-order valence-electron chi connectivity index (χ2n) is 10.4. The highest BCUT2D eigenvalue weighted by Gasteiger charge is 2.31. The minimum atomic E-state index is -1.27. The number of carbonyl (C=O) groups is 3. The summed E-state index contributed by atoms with van der Waals surface area (Å²) in [5, 5.41) is 15.1. The molecule has 0 heterocycles. The van der Waals surface area contributed by atoms with Gasteiger partial charge < -0.3 is 20.5 Å². The maximum absolute atomic E-state index is 13.5. The Labute approximate surface area is 244 Å². The topological polar surface area (TPSA) is 108 Å². The van der Waals surface area contributed by atoms with Crippen molar-refractivity contribution < 1.29 is 24.2 Å². The molecule has 1 unspecified atom stereocenters. The largest absolute Gasteiger partial charge is 0.479 e. The third-order valence-electron chi connectivity index (χ3n) is 7.41. The molecule has 5 rings (SSSR count). The summed E-state index contributed by atoms with van der Waals surface area (Å²) in [7, 11) is 1.83. The Balaban J connectivity index is 1.30. The molecule has 214 valence electrons. The zero-order chi connectivity index (χ0) is 29.5. The molecule has 4 aromatic carbocycles. The fourth-order valence-electron chi connectivity index (χ4n) is 5.42. The van der Waals surface area contributed by atoms with Gasteiger partial charge in [0, 0.05) is 19.0 Å². The van der Waals surface area contributed by atoms with Crippen molar-refractivity contribution in [1.82, 2.24) is 15.5 Å². The van der Waals surface area contributed by atoms with Crippen LogP contribution in [0.15, 0.2) is 109 Å². The van der Waals surface area contributed by atoms with Crippen molar-refractivity contribution in [2.45, 2.75) is 24.5 Å². The highest BCUT2D eigenvalue weighted by molar-refractivity contribution is 5.90. The van der Waals surface area contributed by atoms with Crippen LogP contribution in [0.3, 0.4) is 0 Å². The summed E-state index contributed by atoms with van der Waals surface area (Å²) in [6.07, 6.45) is -0.753. The van der Waals surface area contributed by atoms with Gasteiger partial charge in [0.25, 0.3) is 0 Å². The second-order valence-corrected chi connectivity index (χ2v) is 10.4. The van der Waals surface area contributed by atoms with Crippen LogP contribution in [0.5, 0.6) is 0 Å². The van der Waals surface area contributed by atoms with Gasteiger partial charge in [-0.25, -0.2) is 9.59 Å². The number of likely N-dealkylation sites (N-methyl/N-ethyl adjacent to an activating group) is 1. The smallest absolute Gasteiger partial charge is 0.407 e. The Hall–Kier alpha value is -4.95. The first kappa shape index (κ1) is 28.6. The van der Waals surface area contributed by atoms with E-state index in [-0.39, 0.29) is 19.1 Å². The van der Waals surface area contributed by atoms with Gasteiger partial charge in [-0.3, -0.25) is 9.69 Å². The van der Waals surface area contributed by atoms with Gasteiger partial charge in [-0.1, -0.05) is 109 Å². The summed E-state index contributed by atoms with van der Waals surface area (Å²) >= 11 is 0. The minimum Gasteiger partial charge on any atom is -0.479 e. The van der Waals surface area contributed by atoms with Gasteiger partial charge in [0.1, 0.15) is 12.6 Å². The van der Waals surface area contributed by atoms with Crippen molar-refractivity contribution in [2.24, 2.45) is 0 Å². The standard InChI is InChI=1S/C34H33N3O5/c1-37(20-23-12-4-2-5-13-23)21-30(32(38)36-31(33(39)40)24-14-6-3-7-15-24)35-34(41)42-22-29-27-18-10-8-16-25(27)26-17-9-11-19-28(26)29/h2-19,29-31H,20-22H2,1H3,(H,35,41)(H,36,38)(H,39,40)/t30?,31-/m0/s1. The number of carboxylic acids is 1. The molecule has 2 atom stereocenters. The van der Waals surface area contributed by atoms with Crippen LogP contribution >= 0.6 is 0 Å². The highest BCUT2D eigenvalue weighted by atomic mass is 16.5. The Morgan fingerprint density at radius 2 is 1.33 bits per heavy atom. The van der Waals surface area contributed by atoms with Gasteiger partial charge in [-0.2, -0.15) is 0 Å². The van der Waals surface area contributed by atoms with E-state index in [1.54, 1.807) is 30.3 Å². The molecule has 0 bridgehead atoms. The number of hydrogen-bond acceptors (Lipinski definition) is 5. The lowest BCUT2D eigenvalue weighted by Gasteiger charge is -2.26. The lowest BCUT2D eigenvalue weighted by Crippen LogP contribution is -2.53. The quantitative estimate of drug-likeness (QED) is 0.238. The monoisotopic (exact) mass is 563 g/mol. The zero-order valence-corrected chi connectivity index (χ0v) is 23.3. The van der Waals surface area contributed by atoms with E-state index in [0.29, 0.717) is 12.1 Å². The number of hydrogen-bond donors (Lipinski definition) is 3. The third-order valence-corrected chi connectivity index (χ3v) is 7.41. The molecule has 4 aromatic rings. The predicted molar refractivity (Wildman–Crippen MR) is 160 cm³/mol.